The summed E-state index contributed by atoms with van der Waals surface area (Å²) in [4.78, 5) is 14.3. The molecular weight excluding hydrogens is 288 g/mol. The monoisotopic (exact) mass is 310 g/mol. The average molecular weight is 311 g/mol. The van der Waals surface area contributed by atoms with Crippen LogP contribution in [0.3, 0.4) is 0 Å². The van der Waals surface area contributed by atoms with Crippen LogP contribution in [0.25, 0.3) is 0 Å². The fourth-order valence-corrected chi connectivity index (χ4v) is 3.26. The van der Waals surface area contributed by atoms with Gasteiger partial charge in [-0.2, -0.15) is 0 Å². The number of methoxy groups -OCH3 is 1. The zero-order valence-electron chi connectivity index (χ0n) is 12.4. The molecule has 2 heterocycles. The van der Waals surface area contributed by atoms with Crippen LogP contribution in [0.2, 0.25) is 0 Å². The number of amides is 1. The number of aryl methyl sites for hydroxylation is 1. The zero-order chi connectivity index (χ0) is 13.9. The van der Waals surface area contributed by atoms with E-state index in [4.69, 9.17) is 4.74 Å². The first-order valence-corrected chi connectivity index (χ1v) is 7.37. The molecule has 1 N–H and O–H groups in total. The number of nitrogens with zero attached hydrogens (tertiary/aromatic N) is 1. The lowest BCUT2D eigenvalue weighted by Crippen LogP contribution is -2.31. The number of hydrogen-bond acceptors (Lipinski definition) is 3. The summed E-state index contributed by atoms with van der Waals surface area (Å²) in [7, 11) is 1.66. The molecule has 3 rings (SSSR count). The second kappa shape index (κ2) is 7.14. The Morgan fingerprint density at radius 3 is 2.43 bits per heavy atom. The van der Waals surface area contributed by atoms with Gasteiger partial charge in [0.05, 0.1) is 7.11 Å². The molecule has 0 spiro atoms. The molecule has 0 radical (unpaired) electrons. The number of halogens is 1. The van der Waals surface area contributed by atoms with E-state index in [1.54, 1.807) is 7.11 Å². The number of carbonyl (C=O) groups is 1. The topological polar surface area (TPSA) is 41.6 Å². The predicted octanol–water partition coefficient (Wildman–Crippen LogP) is 1.73. The normalized spacial score (nSPS) is 23.6. The van der Waals surface area contributed by atoms with E-state index in [0.29, 0.717) is 24.2 Å². The third-order valence-corrected chi connectivity index (χ3v) is 4.53. The molecule has 116 valence electrons. The van der Waals surface area contributed by atoms with Crippen LogP contribution >= 0.6 is 12.4 Å². The molecular formula is C16H23ClN2O2. The highest BCUT2D eigenvalue weighted by molar-refractivity contribution is 5.85. The van der Waals surface area contributed by atoms with Gasteiger partial charge in [-0.05, 0) is 36.0 Å². The van der Waals surface area contributed by atoms with Crippen molar-refractivity contribution >= 4 is 18.3 Å². The van der Waals surface area contributed by atoms with Gasteiger partial charge in [0.15, 0.2) is 0 Å². The van der Waals surface area contributed by atoms with Crippen molar-refractivity contribution in [3.05, 3.63) is 29.8 Å². The Balaban J connectivity index is 0.00000161. The predicted molar refractivity (Wildman–Crippen MR) is 85.0 cm³/mol. The lowest BCUT2D eigenvalue weighted by atomic mass is 10.0. The Hall–Kier alpha value is -1.26. The summed E-state index contributed by atoms with van der Waals surface area (Å²) in [5, 5.41) is 3.40. The number of carbonyl (C=O) groups excluding carboxylic acids is 1. The number of benzene rings is 1. The molecule has 0 aliphatic carbocycles. The minimum Gasteiger partial charge on any atom is -0.497 e. The Kier molecular flexibility index (Phi) is 5.48. The SMILES string of the molecule is COc1ccc(CCC(=O)N2C[C@H]3CNC[C@H]3C2)cc1.Cl. The average Bonchev–Trinajstić information content (AvgIpc) is 3.06. The maximum absolute atomic E-state index is 12.3. The first-order chi connectivity index (χ1) is 9.76. The summed E-state index contributed by atoms with van der Waals surface area (Å²) in [6.45, 7) is 4.04. The van der Waals surface area contributed by atoms with Crippen molar-refractivity contribution in [2.75, 3.05) is 33.3 Å². The lowest BCUT2D eigenvalue weighted by Gasteiger charge is -2.17. The number of fused-ring (bicyclic) bond motifs is 1. The van der Waals surface area contributed by atoms with Crippen molar-refractivity contribution in [1.82, 2.24) is 10.2 Å². The minimum absolute atomic E-state index is 0. The summed E-state index contributed by atoms with van der Waals surface area (Å²) in [6, 6.07) is 7.97. The fraction of sp³-hybridized carbons (Fsp3) is 0.562. The van der Waals surface area contributed by atoms with Gasteiger partial charge in [-0.25, -0.2) is 0 Å². The Morgan fingerprint density at radius 1 is 1.24 bits per heavy atom. The van der Waals surface area contributed by atoms with Crippen LogP contribution in [-0.2, 0) is 11.2 Å². The molecule has 0 aromatic heterocycles. The third-order valence-electron chi connectivity index (χ3n) is 4.53. The smallest absolute Gasteiger partial charge is 0.222 e. The van der Waals surface area contributed by atoms with Crippen LogP contribution in [0.4, 0.5) is 0 Å². The number of rotatable bonds is 4. The van der Waals surface area contributed by atoms with Crippen LogP contribution < -0.4 is 10.1 Å². The van der Waals surface area contributed by atoms with Crippen molar-refractivity contribution in [3.63, 3.8) is 0 Å². The van der Waals surface area contributed by atoms with Gasteiger partial charge >= 0.3 is 0 Å². The van der Waals surface area contributed by atoms with E-state index < -0.39 is 0 Å². The Bertz CT molecular complexity index is 466. The van der Waals surface area contributed by atoms with Crippen LogP contribution in [0.15, 0.2) is 24.3 Å². The van der Waals surface area contributed by atoms with Crippen molar-refractivity contribution in [2.24, 2.45) is 11.8 Å². The Labute approximate surface area is 132 Å². The molecule has 21 heavy (non-hydrogen) atoms. The first-order valence-electron chi connectivity index (χ1n) is 7.37. The second-order valence-corrected chi connectivity index (χ2v) is 5.83. The largest absolute Gasteiger partial charge is 0.497 e. The van der Waals surface area contributed by atoms with Crippen molar-refractivity contribution in [3.8, 4) is 5.75 Å². The molecule has 2 fully saturated rings. The van der Waals surface area contributed by atoms with E-state index >= 15 is 0 Å². The minimum atomic E-state index is 0. The van der Waals surface area contributed by atoms with Crippen LogP contribution in [0, 0.1) is 11.8 Å². The fourth-order valence-electron chi connectivity index (χ4n) is 3.26. The number of likely N-dealkylation sites (tertiary alicyclic amines) is 1. The quantitative estimate of drug-likeness (QED) is 0.921. The van der Waals surface area contributed by atoms with E-state index in [2.05, 4.69) is 10.2 Å². The highest BCUT2D eigenvalue weighted by Gasteiger charge is 2.37. The molecule has 1 amide bonds. The van der Waals surface area contributed by atoms with Gasteiger partial charge in [-0.15, -0.1) is 12.4 Å². The summed E-state index contributed by atoms with van der Waals surface area (Å²) in [5.74, 6) is 2.52. The standard InChI is InChI=1S/C16H22N2O2.ClH/c1-20-15-5-2-12(3-6-15)4-7-16(19)18-10-13-8-17-9-14(13)11-18;/h2-3,5-6,13-14,17H,4,7-11H2,1H3;1H/t13-,14+;. The van der Waals surface area contributed by atoms with Gasteiger partial charge in [0.25, 0.3) is 0 Å². The summed E-state index contributed by atoms with van der Waals surface area (Å²) < 4.78 is 5.14. The molecule has 2 saturated heterocycles. The number of ether oxygens (including phenoxy) is 1. The van der Waals surface area contributed by atoms with Gasteiger partial charge in [0.2, 0.25) is 5.91 Å². The number of nitrogens with one attached hydrogen (secondary N) is 1. The molecule has 2 aliphatic heterocycles. The van der Waals surface area contributed by atoms with Crippen molar-refractivity contribution < 1.29 is 9.53 Å². The molecule has 1 aromatic rings. The highest BCUT2D eigenvalue weighted by Crippen LogP contribution is 2.26. The lowest BCUT2D eigenvalue weighted by molar-refractivity contribution is -0.130. The second-order valence-electron chi connectivity index (χ2n) is 5.83. The maximum atomic E-state index is 12.3. The third kappa shape index (κ3) is 3.69. The zero-order valence-corrected chi connectivity index (χ0v) is 13.2. The summed E-state index contributed by atoms with van der Waals surface area (Å²) >= 11 is 0. The maximum Gasteiger partial charge on any atom is 0.222 e. The van der Waals surface area contributed by atoms with E-state index in [-0.39, 0.29) is 12.4 Å². The van der Waals surface area contributed by atoms with Gasteiger partial charge < -0.3 is 15.0 Å². The molecule has 0 bridgehead atoms. The van der Waals surface area contributed by atoms with Gasteiger partial charge in [-0.1, -0.05) is 12.1 Å². The molecule has 0 unspecified atom stereocenters. The van der Waals surface area contributed by atoms with Gasteiger partial charge in [0, 0.05) is 32.6 Å². The summed E-state index contributed by atoms with van der Waals surface area (Å²) in [5.41, 5.74) is 1.19. The van der Waals surface area contributed by atoms with Gasteiger partial charge in [0.1, 0.15) is 5.75 Å². The van der Waals surface area contributed by atoms with E-state index in [0.717, 1.165) is 38.3 Å². The summed E-state index contributed by atoms with van der Waals surface area (Å²) in [6.07, 6.45) is 1.42. The molecule has 5 heteroatoms. The van der Waals surface area contributed by atoms with E-state index in [9.17, 15) is 4.79 Å². The molecule has 2 aliphatic rings. The van der Waals surface area contributed by atoms with Crippen LogP contribution in [0.1, 0.15) is 12.0 Å². The van der Waals surface area contributed by atoms with Crippen molar-refractivity contribution in [2.45, 2.75) is 12.8 Å². The molecule has 1 aromatic carbocycles. The van der Waals surface area contributed by atoms with Crippen LogP contribution in [0.5, 0.6) is 5.75 Å². The van der Waals surface area contributed by atoms with E-state index in [1.807, 2.05) is 24.3 Å². The van der Waals surface area contributed by atoms with Crippen LogP contribution in [-0.4, -0.2) is 44.1 Å². The van der Waals surface area contributed by atoms with Crippen molar-refractivity contribution in [1.29, 1.82) is 0 Å². The van der Waals surface area contributed by atoms with E-state index in [1.165, 1.54) is 5.56 Å². The molecule has 2 atom stereocenters. The molecule has 4 nitrogen and oxygen atoms in total. The van der Waals surface area contributed by atoms with Gasteiger partial charge in [-0.3, -0.25) is 4.79 Å². The Morgan fingerprint density at radius 2 is 1.86 bits per heavy atom. The first kappa shape index (κ1) is 16.1. The molecule has 0 saturated carbocycles. The highest BCUT2D eigenvalue weighted by atomic mass is 35.5. The number of hydrogen-bond donors (Lipinski definition) is 1.